The molecule has 0 atom stereocenters. The fourth-order valence-corrected chi connectivity index (χ4v) is 5.17. The zero-order chi connectivity index (χ0) is 26.9. The Morgan fingerprint density at radius 1 is 0.474 bits per heavy atom. The predicted molar refractivity (Wildman–Crippen MR) is 167 cm³/mol. The molecule has 0 saturated heterocycles. The first-order valence-corrected chi connectivity index (χ1v) is 15.5. The molecule has 0 N–H and O–H groups in total. The fourth-order valence-electron chi connectivity index (χ4n) is 5.17. The summed E-state index contributed by atoms with van der Waals surface area (Å²) in [7, 11) is 0. The topological polar surface area (TPSA) is 24.7 Å². The van der Waals surface area contributed by atoms with Crippen LogP contribution in [-0.2, 0) is 46.1 Å². The second-order valence-electron chi connectivity index (χ2n) is 10.4. The van der Waals surface area contributed by atoms with Gasteiger partial charge in [-0.05, 0) is 97.9 Å². The van der Waals surface area contributed by atoms with Crippen molar-refractivity contribution in [3.8, 4) is 0 Å². The van der Waals surface area contributed by atoms with Crippen molar-refractivity contribution in [3.63, 3.8) is 0 Å². The van der Waals surface area contributed by atoms with Gasteiger partial charge in [-0.25, -0.2) is 0 Å². The fraction of sp³-hybridized carbons (Fsp3) is 0.600. The normalized spacial score (nSPS) is 12.1. The zero-order valence-corrected chi connectivity index (χ0v) is 26.8. The first kappa shape index (κ1) is 34.5. The van der Waals surface area contributed by atoms with Gasteiger partial charge in [0.1, 0.15) is 0 Å². The summed E-state index contributed by atoms with van der Waals surface area (Å²) in [6.07, 6.45) is 17.7. The minimum Gasteiger partial charge on any atom is -0.252 e. The molecule has 0 aliphatic rings. The number of nitrogens with zero attached hydrogens (tertiary/aromatic N) is 2. The summed E-state index contributed by atoms with van der Waals surface area (Å²) in [5, 5.41) is 0. The first-order valence-electron chi connectivity index (χ1n) is 15.5. The third kappa shape index (κ3) is 11.7. The summed E-state index contributed by atoms with van der Waals surface area (Å²) in [4.78, 5) is 10.6. The molecule has 0 radical (unpaired) electrons. The molecule has 0 aliphatic carbocycles. The van der Waals surface area contributed by atoms with Crippen LogP contribution in [0.1, 0.15) is 134 Å². The van der Waals surface area contributed by atoms with Crippen LogP contribution in [0.5, 0.6) is 0 Å². The van der Waals surface area contributed by atoms with Crippen molar-refractivity contribution >= 4 is 22.8 Å². The number of hydrogen-bond acceptors (Lipinski definition) is 2. The second-order valence-corrected chi connectivity index (χ2v) is 10.4. The van der Waals surface area contributed by atoms with Gasteiger partial charge in [-0.15, -0.1) is 0 Å². The predicted octanol–water partition coefficient (Wildman–Crippen LogP) is 11.1. The van der Waals surface area contributed by atoms with E-state index in [9.17, 15) is 0 Å². The molecule has 214 valence electrons. The van der Waals surface area contributed by atoms with E-state index in [1.165, 1.54) is 91.5 Å². The van der Waals surface area contributed by atoms with Gasteiger partial charge in [-0.3, -0.25) is 9.98 Å². The Hall–Kier alpha value is -1.56. The molecular weight excluding hydrogens is 555 g/mol. The summed E-state index contributed by atoms with van der Waals surface area (Å²) in [5.41, 5.74) is 10.3. The van der Waals surface area contributed by atoms with Gasteiger partial charge < -0.3 is 0 Å². The van der Waals surface area contributed by atoms with Gasteiger partial charge in [-0.1, -0.05) is 98.6 Å². The van der Waals surface area contributed by atoms with Gasteiger partial charge in [0, 0.05) is 20.4 Å². The van der Waals surface area contributed by atoms with Crippen LogP contribution in [0.25, 0.3) is 0 Å². The van der Waals surface area contributed by atoms with Crippen molar-refractivity contribution < 1.29 is 20.4 Å². The van der Waals surface area contributed by atoms with Crippen molar-refractivity contribution in [2.75, 3.05) is 0 Å². The SMILES string of the molecule is CCCCCCCCC(=N\c1ccc(CC)c(CC)c1)/C(CCCCC)=N/c1ccc(CC)c(CC)c1.[Pd]. The van der Waals surface area contributed by atoms with Crippen molar-refractivity contribution in [1.82, 2.24) is 0 Å². The summed E-state index contributed by atoms with van der Waals surface area (Å²) in [6, 6.07) is 13.6. The maximum absolute atomic E-state index is 5.31. The van der Waals surface area contributed by atoms with Crippen LogP contribution in [0.3, 0.4) is 0 Å². The molecule has 2 rings (SSSR count). The summed E-state index contributed by atoms with van der Waals surface area (Å²) in [6.45, 7) is 13.6. The second kappa shape index (κ2) is 20.4. The minimum absolute atomic E-state index is 0. The van der Waals surface area contributed by atoms with E-state index < -0.39 is 0 Å². The van der Waals surface area contributed by atoms with Gasteiger partial charge in [-0.2, -0.15) is 0 Å². The van der Waals surface area contributed by atoms with Gasteiger partial charge in [0.2, 0.25) is 0 Å². The van der Waals surface area contributed by atoms with Gasteiger partial charge in [0.25, 0.3) is 0 Å². The molecule has 2 nitrogen and oxygen atoms in total. The van der Waals surface area contributed by atoms with Crippen LogP contribution in [-0.4, -0.2) is 11.4 Å². The summed E-state index contributed by atoms with van der Waals surface area (Å²) >= 11 is 0. The average molecular weight is 609 g/mol. The van der Waals surface area contributed by atoms with E-state index >= 15 is 0 Å². The molecule has 0 unspecified atom stereocenters. The Morgan fingerprint density at radius 3 is 1.26 bits per heavy atom. The van der Waals surface area contributed by atoms with Crippen LogP contribution < -0.4 is 0 Å². The van der Waals surface area contributed by atoms with Crippen molar-refractivity contribution in [2.45, 2.75) is 138 Å². The van der Waals surface area contributed by atoms with E-state index in [1.54, 1.807) is 0 Å². The van der Waals surface area contributed by atoms with Crippen LogP contribution >= 0.6 is 0 Å². The Labute approximate surface area is 248 Å². The van der Waals surface area contributed by atoms with E-state index in [4.69, 9.17) is 9.98 Å². The molecule has 38 heavy (non-hydrogen) atoms. The van der Waals surface area contributed by atoms with Crippen LogP contribution in [0.2, 0.25) is 0 Å². The first-order chi connectivity index (χ1) is 18.1. The zero-order valence-electron chi connectivity index (χ0n) is 25.3. The quantitative estimate of drug-likeness (QED) is 0.0913. The van der Waals surface area contributed by atoms with E-state index in [2.05, 4.69) is 77.9 Å². The van der Waals surface area contributed by atoms with Crippen LogP contribution in [0.15, 0.2) is 46.4 Å². The van der Waals surface area contributed by atoms with E-state index in [0.717, 1.165) is 49.9 Å². The van der Waals surface area contributed by atoms with Crippen LogP contribution in [0, 0.1) is 0 Å². The molecule has 0 amide bonds. The van der Waals surface area contributed by atoms with E-state index in [0.29, 0.717) is 0 Å². The number of rotatable bonds is 18. The largest absolute Gasteiger partial charge is 0.252 e. The van der Waals surface area contributed by atoms with Crippen LogP contribution in [0.4, 0.5) is 11.4 Å². The molecule has 0 fully saturated rings. The molecule has 2 aromatic rings. The number of aryl methyl sites for hydroxylation is 4. The summed E-state index contributed by atoms with van der Waals surface area (Å²) < 4.78 is 0. The molecule has 3 heteroatoms. The maximum Gasteiger partial charge on any atom is 0.0636 e. The molecular formula is C35H54N2Pd. The summed E-state index contributed by atoms with van der Waals surface area (Å²) in [5.74, 6) is 0. The van der Waals surface area contributed by atoms with Gasteiger partial charge in [0.05, 0.1) is 22.8 Å². The standard InChI is InChI=1S/C35H54N2.Pd/c1-7-13-15-16-17-19-21-35(37-33-25-23-29(10-4)31(12-6)27-33)34(20-18-14-8-2)36-32-24-22-28(9-3)30(11-5)26-32;/h22-27H,7-21H2,1-6H3;/b36-34+,37-35+;. The van der Waals surface area contributed by atoms with Crippen molar-refractivity contribution in [3.05, 3.63) is 58.7 Å². The third-order valence-corrected chi connectivity index (χ3v) is 7.55. The minimum atomic E-state index is 0. The molecule has 0 aliphatic heterocycles. The smallest absolute Gasteiger partial charge is 0.0636 e. The molecule has 0 aromatic heterocycles. The average Bonchev–Trinajstić information content (AvgIpc) is 2.93. The Kier molecular flexibility index (Phi) is 18.5. The third-order valence-electron chi connectivity index (χ3n) is 7.55. The number of hydrogen-bond donors (Lipinski definition) is 0. The van der Waals surface area contributed by atoms with Crippen molar-refractivity contribution in [1.29, 1.82) is 0 Å². The molecule has 0 saturated carbocycles. The van der Waals surface area contributed by atoms with E-state index in [1.807, 2.05) is 0 Å². The Balaban J connectivity index is 0.00000722. The number of unbranched alkanes of at least 4 members (excludes halogenated alkanes) is 7. The Morgan fingerprint density at radius 2 is 0.842 bits per heavy atom. The molecule has 0 spiro atoms. The van der Waals surface area contributed by atoms with E-state index in [-0.39, 0.29) is 20.4 Å². The molecule has 0 bridgehead atoms. The van der Waals surface area contributed by atoms with Gasteiger partial charge in [0.15, 0.2) is 0 Å². The Bertz CT molecular complexity index is 989. The number of aliphatic imine (C=N–C) groups is 2. The van der Waals surface area contributed by atoms with Crippen molar-refractivity contribution in [2.24, 2.45) is 9.98 Å². The molecule has 2 aromatic carbocycles. The number of benzene rings is 2. The van der Waals surface area contributed by atoms with Gasteiger partial charge >= 0.3 is 0 Å². The maximum atomic E-state index is 5.31. The molecule has 0 heterocycles. The monoisotopic (exact) mass is 608 g/mol.